The van der Waals surface area contributed by atoms with Gasteiger partial charge in [-0.3, -0.25) is 10.1 Å². The molecular weight excluding hydrogens is 356 g/mol. The lowest BCUT2D eigenvalue weighted by Gasteiger charge is -2.15. The first-order chi connectivity index (χ1) is 9.99. The van der Waals surface area contributed by atoms with Crippen molar-refractivity contribution in [3.63, 3.8) is 0 Å². The minimum atomic E-state index is -0.398. The maximum Gasteiger partial charge on any atom is 0.283 e. The zero-order chi connectivity index (χ0) is 15.4. The van der Waals surface area contributed by atoms with Crippen LogP contribution >= 0.6 is 27.5 Å². The van der Waals surface area contributed by atoms with Crippen LogP contribution in [0.15, 0.2) is 46.9 Å². The molecule has 0 spiro atoms. The molecular formula is C15H14BrClN2O2. The average Bonchev–Trinajstić information content (AvgIpc) is 2.46. The van der Waals surface area contributed by atoms with Crippen LogP contribution in [0.4, 0.5) is 5.69 Å². The molecule has 2 rings (SSSR count). The lowest BCUT2D eigenvalue weighted by Crippen LogP contribution is -2.18. The number of hydrogen-bond acceptors (Lipinski definition) is 3. The quantitative estimate of drug-likeness (QED) is 0.605. The molecule has 0 aliphatic heterocycles. The van der Waals surface area contributed by atoms with Gasteiger partial charge in [0, 0.05) is 23.7 Å². The highest BCUT2D eigenvalue weighted by Gasteiger charge is 2.13. The third-order valence-electron chi connectivity index (χ3n) is 3.19. The lowest BCUT2D eigenvalue weighted by atomic mass is 10.1. The van der Waals surface area contributed by atoms with E-state index in [-0.39, 0.29) is 11.7 Å². The summed E-state index contributed by atoms with van der Waals surface area (Å²) in [5.74, 6) is 0. The highest BCUT2D eigenvalue weighted by Crippen LogP contribution is 2.26. The van der Waals surface area contributed by atoms with Gasteiger partial charge >= 0.3 is 0 Å². The van der Waals surface area contributed by atoms with Crippen molar-refractivity contribution in [2.75, 3.05) is 0 Å². The summed E-state index contributed by atoms with van der Waals surface area (Å²) in [5.41, 5.74) is 1.93. The van der Waals surface area contributed by atoms with Crippen molar-refractivity contribution in [1.29, 1.82) is 0 Å². The number of rotatable bonds is 5. The number of benzene rings is 2. The molecule has 2 aromatic carbocycles. The van der Waals surface area contributed by atoms with Gasteiger partial charge < -0.3 is 5.32 Å². The third kappa shape index (κ3) is 4.03. The van der Waals surface area contributed by atoms with Crippen LogP contribution < -0.4 is 5.32 Å². The Bertz CT molecular complexity index is 664. The molecule has 4 nitrogen and oxygen atoms in total. The Balaban J connectivity index is 2.08. The summed E-state index contributed by atoms with van der Waals surface area (Å²) in [6, 6.07) is 12.8. The Labute approximate surface area is 136 Å². The van der Waals surface area contributed by atoms with Crippen molar-refractivity contribution in [3.05, 3.63) is 73.2 Å². The van der Waals surface area contributed by atoms with Gasteiger partial charge in [0.25, 0.3) is 5.69 Å². The number of nitro groups is 1. The van der Waals surface area contributed by atoms with Gasteiger partial charge in [0.2, 0.25) is 0 Å². The molecule has 6 heteroatoms. The van der Waals surface area contributed by atoms with Crippen LogP contribution in [0.2, 0.25) is 5.02 Å². The van der Waals surface area contributed by atoms with E-state index in [0.29, 0.717) is 16.0 Å². The summed E-state index contributed by atoms with van der Waals surface area (Å²) in [7, 11) is 0. The number of hydrogen-bond donors (Lipinski definition) is 1. The topological polar surface area (TPSA) is 55.2 Å². The summed E-state index contributed by atoms with van der Waals surface area (Å²) in [4.78, 5) is 10.5. The molecule has 0 aromatic heterocycles. The molecule has 0 bridgehead atoms. The summed E-state index contributed by atoms with van der Waals surface area (Å²) >= 11 is 9.33. The largest absolute Gasteiger partial charge is 0.306 e. The average molecular weight is 370 g/mol. The first-order valence-corrected chi connectivity index (χ1v) is 7.56. The van der Waals surface area contributed by atoms with Gasteiger partial charge in [0.05, 0.1) is 9.40 Å². The molecule has 0 saturated carbocycles. The van der Waals surface area contributed by atoms with Gasteiger partial charge in [-0.2, -0.15) is 0 Å². The van der Waals surface area contributed by atoms with Crippen molar-refractivity contribution in [2.45, 2.75) is 19.5 Å². The van der Waals surface area contributed by atoms with Gasteiger partial charge in [-0.25, -0.2) is 0 Å². The molecule has 110 valence electrons. The molecule has 0 fully saturated rings. The van der Waals surface area contributed by atoms with Crippen LogP contribution in [0.3, 0.4) is 0 Å². The van der Waals surface area contributed by atoms with Gasteiger partial charge in [-0.05, 0) is 46.1 Å². The van der Waals surface area contributed by atoms with Crippen molar-refractivity contribution < 1.29 is 4.92 Å². The summed E-state index contributed by atoms with van der Waals surface area (Å²) in [6.45, 7) is 2.54. The zero-order valence-corrected chi connectivity index (χ0v) is 13.7. The number of nitrogens with zero attached hydrogens (tertiary/aromatic N) is 1. The Kier molecular flexibility index (Phi) is 5.33. The predicted molar refractivity (Wildman–Crippen MR) is 87.5 cm³/mol. The lowest BCUT2D eigenvalue weighted by molar-refractivity contribution is -0.385. The van der Waals surface area contributed by atoms with Crippen molar-refractivity contribution in [1.82, 2.24) is 5.32 Å². The Morgan fingerprint density at radius 3 is 2.71 bits per heavy atom. The standard InChI is InChI=1S/C15H14BrClN2O2/c1-10(12-4-2-3-5-14(12)17)18-9-11-6-7-13(16)15(8-11)19(20)21/h2-8,10,18H,9H2,1H3/t10-/m1/s1. The van der Waals surface area contributed by atoms with E-state index in [4.69, 9.17) is 11.6 Å². The van der Waals surface area contributed by atoms with Crippen LogP contribution in [-0.2, 0) is 6.54 Å². The molecule has 0 aliphatic carbocycles. The maximum atomic E-state index is 10.9. The van der Waals surface area contributed by atoms with Crippen LogP contribution in [0.25, 0.3) is 0 Å². The molecule has 0 heterocycles. The molecule has 0 radical (unpaired) electrons. The summed E-state index contributed by atoms with van der Waals surface area (Å²) in [6.07, 6.45) is 0. The van der Waals surface area contributed by atoms with Gasteiger partial charge in [-0.1, -0.05) is 35.9 Å². The van der Waals surface area contributed by atoms with Gasteiger partial charge in [-0.15, -0.1) is 0 Å². The van der Waals surface area contributed by atoms with Gasteiger partial charge in [0.15, 0.2) is 0 Å². The van der Waals surface area contributed by atoms with E-state index >= 15 is 0 Å². The monoisotopic (exact) mass is 368 g/mol. The molecule has 21 heavy (non-hydrogen) atoms. The van der Waals surface area contributed by atoms with E-state index in [1.54, 1.807) is 12.1 Å². The van der Waals surface area contributed by atoms with Crippen LogP contribution in [-0.4, -0.2) is 4.92 Å². The fraction of sp³-hybridized carbons (Fsp3) is 0.200. The molecule has 1 atom stereocenters. The number of nitro benzene ring substituents is 1. The molecule has 1 N–H and O–H groups in total. The smallest absolute Gasteiger partial charge is 0.283 e. The van der Waals surface area contributed by atoms with E-state index in [9.17, 15) is 10.1 Å². The fourth-order valence-electron chi connectivity index (χ4n) is 2.02. The highest BCUT2D eigenvalue weighted by molar-refractivity contribution is 9.10. The van der Waals surface area contributed by atoms with Crippen molar-refractivity contribution in [3.8, 4) is 0 Å². The minimum Gasteiger partial charge on any atom is -0.306 e. The summed E-state index contributed by atoms with van der Waals surface area (Å²) in [5, 5.41) is 14.9. The normalized spacial score (nSPS) is 12.1. The number of halogens is 2. The van der Waals surface area contributed by atoms with E-state index in [2.05, 4.69) is 21.2 Å². The van der Waals surface area contributed by atoms with E-state index < -0.39 is 4.92 Å². The Morgan fingerprint density at radius 1 is 1.33 bits per heavy atom. The zero-order valence-electron chi connectivity index (χ0n) is 11.3. The fourth-order valence-corrected chi connectivity index (χ4v) is 2.71. The van der Waals surface area contributed by atoms with E-state index in [1.807, 2.05) is 37.3 Å². The minimum absolute atomic E-state index is 0.0569. The Hall–Kier alpha value is -1.43. The first kappa shape index (κ1) is 15.9. The van der Waals surface area contributed by atoms with Crippen LogP contribution in [0.1, 0.15) is 24.1 Å². The van der Waals surface area contributed by atoms with Gasteiger partial charge in [0.1, 0.15) is 0 Å². The third-order valence-corrected chi connectivity index (χ3v) is 4.21. The maximum absolute atomic E-state index is 10.9. The summed E-state index contributed by atoms with van der Waals surface area (Å²) < 4.78 is 0.482. The van der Waals surface area contributed by atoms with Crippen LogP contribution in [0.5, 0.6) is 0 Å². The molecule has 0 saturated heterocycles. The second-order valence-electron chi connectivity index (χ2n) is 4.67. The Morgan fingerprint density at radius 2 is 2.05 bits per heavy atom. The molecule has 0 amide bonds. The highest BCUT2D eigenvalue weighted by atomic mass is 79.9. The molecule has 2 aromatic rings. The first-order valence-electron chi connectivity index (χ1n) is 6.39. The predicted octanol–water partition coefficient (Wildman–Crippen LogP) is 4.86. The SMILES string of the molecule is C[C@@H](NCc1ccc(Br)c([N+](=O)[O-])c1)c1ccccc1Cl. The van der Waals surface area contributed by atoms with Crippen LogP contribution in [0, 0.1) is 10.1 Å². The second-order valence-corrected chi connectivity index (χ2v) is 5.93. The van der Waals surface area contributed by atoms with Crippen molar-refractivity contribution in [2.24, 2.45) is 0 Å². The molecule has 0 unspecified atom stereocenters. The van der Waals surface area contributed by atoms with Crippen molar-refractivity contribution >= 4 is 33.2 Å². The van der Waals surface area contributed by atoms with E-state index in [1.165, 1.54) is 0 Å². The molecule has 0 aliphatic rings. The van der Waals surface area contributed by atoms with E-state index in [0.717, 1.165) is 11.1 Å². The second kappa shape index (κ2) is 7.02. The number of nitrogens with one attached hydrogen (secondary N) is 1.